The molecule has 148 valence electrons. The third-order valence-electron chi connectivity index (χ3n) is 4.57. The third-order valence-corrected chi connectivity index (χ3v) is 4.57. The molecule has 1 saturated carbocycles. The van der Waals surface area contributed by atoms with Crippen LogP contribution < -0.4 is 10.1 Å². The molecule has 5 nitrogen and oxygen atoms in total. The molecule has 1 fully saturated rings. The molecule has 0 radical (unpaired) electrons. The van der Waals surface area contributed by atoms with Gasteiger partial charge in [-0.15, -0.1) is 13.2 Å². The summed E-state index contributed by atoms with van der Waals surface area (Å²) < 4.78 is 41.8. The zero-order chi connectivity index (χ0) is 20.3. The van der Waals surface area contributed by atoms with Gasteiger partial charge in [-0.25, -0.2) is 0 Å². The van der Waals surface area contributed by atoms with Gasteiger partial charge in [0, 0.05) is 5.92 Å². The van der Waals surface area contributed by atoms with E-state index in [9.17, 15) is 22.8 Å². The van der Waals surface area contributed by atoms with Crippen molar-refractivity contribution in [1.29, 1.82) is 0 Å². The van der Waals surface area contributed by atoms with Gasteiger partial charge in [0.25, 0.3) is 0 Å². The Morgan fingerprint density at radius 2 is 1.75 bits per heavy atom. The van der Waals surface area contributed by atoms with Crippen LogP contribution >= 0.6 is 0 Å². The number of nitrogens with one attached hydrogen (secondary N) is 1. The maximum absolute atomic E-state index is 12.6. The van der Waals surface area contributed by atoms with Gasteiger partial charge >= 0.3 is 12.3 Å². The van der Waals surface area contributed by atoms with E-state index in [4.69, 9.17) is 5.11 Å². The summed E-state index contributed by atoms with van der Waals surface area (Å²) in [5, 5.41) is 11.8. The summed E-state index contributed by atoms with van der Waals surface area (Å²) in [7, 11) is 0. The Kier molecular flexibility index (Phi) is 5.58. The normalized spacial score (nSPS) is 19.5. The Morgan fingerprint density at radius 3 is 2.39 bits per heavy atom. The van der Waals surface area contributed by atoms with E-state index in [0.29, 0.717) is 17.5 Å². The van der Waals surface area contributed by atoms with Gasteiger partial charge in [-0.1, -0.05) is 48.5 Å². The molecule has 0 saturated heterocycles. The number of para-hydroxylation sites is 1. The van der Waals surface area contributed by atoms with Crippen LogP contribution in [0.2, 0.25) is 0 Å². The van der Waals surface area contributed by atoms with Crippen molar-refractivity contribution in [2.75, 3.05) is 0 Å². The second kappa shape index (κ2) is 7.92. The second-order valence-corrected chi connectivity index (χ2v) is 6.60. The van der Waals surface area contributed by atoms with Gasteiger partial charge in [0.05, 0.1) is 12.5 Å². The summed E-state index contributed by atoms with van der Waals surface area (Å²) in [4.78, 5) is 23.7. The number of aliphatic carboxylic acids is 1. The summed E-state index contributed by atoms with van der Waals surface area (Å²) >= 11 is 0. The van der Waals surface area contributed by atoms with Crippen LogP contribution in [-0.2, 0) is 9.59 Å². The molecule has 0 heterocycles. The van der Waals surface area contributed by atoms with Crippen LogP contribution in [0.4, 0.5) is 13.2 Å². The first-order valence-corrected chi connectivity index (χ1v) is 8.66. The van der Waals surface area contributed by atoms with Crippen molar-refractivity contribution >= 4 is 11.9 Å². The van der Waals surface area contributed by atoms with Crippen molar-refractivity contribution in [2.45, 2.75) is 31.2 Å². The highest BCUT2D eigenvalue weighted by Gasteiger charge is 2.46. The predicted molar refractivity (Wildman–Crippen MR) is 93.6 cm³/mol. The average molecular weight is 393 g/mol. The minimum absolute atomic E-state index is 0.291. The summed E-state index contributed by atoms with van der Waals surface area (Å²) in [5.74, 6) is -2.70. The number of amides is 1. The summed E-state index contributed by atoms with van der Waals surface area (Å²) in [5.41, 5.74) is 0.964. The molecule has 0 bridgehead atoms. The second-order valence-electron chi connectivity index (χ2n) is 6.60. The van der Waals surface area contributed by atoms with Crippen LogP contribution in [-0.4, -0.2) is 23.3 Å². The predicted octanol–water partition coefficient (Wildman–Crippen LogP) is 4.02. The molecule has 1 aliphatic rings. The summed E-state index contributed by atoms with van der Waals surface area (Å²) in [6.07, 6.45) is -4.73. The van der Waals surface area contributed by atoms with Gasteiger partial charge in [-0.3, -0.25) is 9.59 Å². The Labute approximate surface area is 159 Å². The van der Waals surface area contributed by atoms with E-state index in [1.54, 1.807) is 36.4 Å². The third kappa shape index (κ3) is 5.03. The lowest BCUT2D eigenvalue weighted by Gasteiger charge is -2.18. The molecule has 2 N–H and O–H groups in total. The molecule has 8 heteroatoms. The van der Waals surface area contributed by atoms with E-state index < -0.39 is 30.2 Å². The van der Waals surface area contributed by atoms with Gasteiger partial charge in [0.1, 0.15) is 5.75 Å². The fourth-order valence-corrected chi connectivity index (χ4v) is 3.22. The quantitative estimate of drug-likeness (QED) is 0.745. The van der Waals surface area contributed by atoms with Crippen LogP contribution in [0.5, 0.6) is 5.75 Å². The molecule has 0 aromatic heterocycles. The molecule has 3 unspecified atom stereocenters. The van der Waals surface area contributed by atoms with E-state index in [0.717, 1.165) is 0 Å². The van der Waals surface area contributed by atoms with Crippen LogP contribution in [0.25, 0.3) is 0 Å². The Morgan fingerprint density at radius 1 is 1.11 bits per heavy atom. The number of carbonyl (C=O) groups is 2. The maximum atomic E-state index is 12.6. The van der Waals surface area contributed by atoms with Crippen molar-refractivity contribution in [2.24, 2.45) is 5.92 Å². The molecule has 28 heavy (non-hydrogen) atoms. The van der Waals surface area contributed by atoms with E-state index >= 15 is 0 Å². The molecular weight excluding hydrogens is 375 g/mol. The first-order chi connectivity index (χ1) is 13.2. The first-order valence-electron chi connectivity index (χ1n) is 8.66. The van der Waals surface area contributed by atoms with Gasteiger partial charge in [0.15, 0.2) is 0 Å². The molecule has 0 aliphatic heterocycles. The summed E-state index contributed by atoms with van der Waals surface area (Å²) in [6.45, 7) is 0. The number of hydrogen-bond acceptors (Lipinski definition) is 3. The van der Waals surface area contributed by atoms with Gasteiger partial charge in [-0.2, -0.15) is 0 Å². The van der Waals surface area contributed by atoms with E-state index in [1.165, 1.54) is 18.2 Å². The van der Waals surface area contributed by atoms with Gasteiger partial charge < -0.3 is 15.2 Å². The van der Waals surface area contributed by atoms with Crippen LogP contribution in [0.15, 0.2) is 54.6 Å². The lowest BCUT2D eigenvalue weighted by atomic mass is 10.0. The molecule has 1 amide bonds. The molecule has 0 spiro atoms. The van der Waals surface area contributed by atoms with Gasteiger partial charge in [0.2, 0.25) is 5.91 Å². The SMILES string of the molecule is O=C(O)CC(NC(=O)C1CC1c1ccccc1OC(F)(F)F)c1ccccc1. The van der Waals surface area contributed by atoms with Crippen molar-refractivity contribution < 1.29 is 32.6 Å². The molecule has 2 aromatic carbocycles. The van der Waals surface area contributed by atoms with Crippen molar-refractivity contribution in [3.63, 3.8) is 0 Å². The number of halogens is 3. The van der Waals surface area contributed by atoms with E-state index in [2.05, 4.69) is 10.1 Å². The zero-order valence-electron chi connectivity index (χ0n) is 14.6. The molecule has 2 aromatic rings. The Bertz CT molecular complexity index is 854. The highest BCUT2D eigenvalue weighted by Crippen LogP contribution is 2.51. The van der Waals surface area contributed by atoms with Crippen LogP contribution in [0, 0.1) is 5.92 Å². The number of hydrogen-bond donors (Lipinski definition) is 2. The minimum Gasteiger partial charge on any atom is -0.481 e. The van der Waals surface area contributed by atoms with Crippen molar-refractivity contribution in [1.82, 2.24) is 5.32 Å². The Hall–Kier alpha value is -3.03. The molecule has 3 atom stereocenters. The van der Waals surface area contributed by atoms with Crippen molar-refractivity contribution in [3.8, 4) is 5.75 Å². The highest BCUT2D eigenvalue weighted by molar-refractivity contribution is 5.84. The van der Waals surface area contributed by atoms with Crippen molar-refractivity contribution in [3.05, 3.63) is 65.7 Å². The Balaban J connectivity index is 1.71. The number of benzene rings is 2. The van der Waals surface area contributed by atoms with Gasteiger partial charge in [-0.05, 0) is 29.5 Å². The fourth-order valence-electron chi connectivity index (χ4n) is 3.22. The molecular formula is C20H18F3NO4. The number of carboxylic acid groups (broad SMARTS) is 1. The molecule has 1 aliphatic carbocycles. The fraction of sp³-hybridized carbons (Fsp3) is 0.300. The minimum atomic E-state index is -4.82. The monoisotopic (exact) mass is 393 g/mol. The standard InChI is InChI=1S/C20H18F3NO4/c21-20(22,23)28-17-9-5-4-8-13(17)14-10-15(14)19(27)24-16(11-18(25)26)12-6-2-1-3-7-12/h1-9,14-16H,10-11H2,(H,24,27)(H,25,26). The number of carbonyl (C=O) groups excluding carboxylic acids is 1. The average Bonchev–Trinajstić information content (AvgIpc) is 3.41. The number of rotatable bonds is 7. The number of ether oxygens (including phenoxy) is 1. The lowest BCUT2D eigenvalue weighted by molar-refractivity contribution is -0.274. The van der Waals surface area contributed by atoms with E-state index in [1.807, 2.05) is 0 Å². The van der Waals surface area contributed by atoms with Crippen LogP contribution in [0.3, 0.4) is 0 Å². The lowest BCUT2D eigenvalue weighted by Crippen LogP contribution is -2.31. The number of carboxylic acids is 1. The highest BCUT2D eigenvalue weighted by atomic mass is 19.4. The molecule has 3 rings (SSSR count). The van der Waals surface area contributed by atoms with E-state index in [-0.39, 0.29) is 18.1 Å². The number of alkyl halides is 3. The first kappa shape index (κ1) is 19.7. The van der Waals surface area contributed by atoms with Crippen LogP contribution in [0.1, 0.15) is 35.9 Å². The largest absolute Gasteiger partial charge is 0.573 e. The zero-order valence-corrected chi connectivity index (χ0v) is 14.6. The smallest absolute Gasteiger partial charge is 0.481 e. The maximum Gasteiger partial charge on any atom is 0.573 e. The summed E-state index contributed by atoms with van der Waals surface area (Å²) in [6, 6.07) is 13.7. The topological polar surface area (TPSA) is 75.6 Å².